The van der Waals surface area contributed by atoms with Crippen molar-refractivity contribution in [3.8, 4) is 5.75 Å². The second-order valence-corrected chi connectivity index (χ2v) is 6.75. The molecule has 166 valence electrons. The minimum Gasteiger partial charge on any atom is -0.491 e. The first kappa shape index (κ1) is 23.6. The Morgan fingerprint density at radius 3 is 2.45 bits per heavy atom. The van der Waals surface area contributed by atoms with E-state index in [1.807, 2.05) is 0 Å². The van der Waals surface area contributed by atoms with E-state index in [4.69, 9.17) is 4.74 Å². The van der Waals surface area contributed by atoms with Crippen molar-refractivity contribution in [1.82, 2.24) is 10.6 Å². The van der Waals surface area contributed by atoms with Crippen molar-refractivity contribution < 1.29 is 32.4 Å². The second-order valence-electron chi connectivity index (χ2n) is 6.75. The van der Waals surface area contributed by atoms with Gasteiger partial charge in [0.1, 0.15) is 5.75 Å². The maximum atomic E-state index is 13.3. The SMILES string of the molecule is CC(C)Oc1ccc(CNC(=O)CNC(=O)c2cccc([N+](=O)[O-])c2)c(C(F)(F)F)c1. The highest BCUT2D eigenvalue weighted by atomic mass is 19.4. The molecule has 0 radical (unpaired) electrons. The molecule has 8 nitrogen and oxygen atoms in total. The first-order valence-corrected chi connectivity index (χ1v) is 9.13. The Morgan fingerprint density at radius 1 is 1.13 bits per heavy atom. The Balaban J connectivity index is 1.98. The van der Waals surface area contributed by atoms with E-state index in [1.165, 1.54) is 30.3 Å². The molecular weight excluding hydrogens is 419 g/mol. The van der Waals surface area contributed by atoms with Crippen LogP contribution in [0.3, 0.4) is 0 Å². The number of nitrogens with zero attached hydrogens (tertiary/aromatic N) is 1. The molecule has 0 bridgehead atoms. The van der Waals surface area contributed by atoms with E-state index in [1.54, 1.807) is 13.8 Å². The topological polar surface area (TPSA) is 111 Å². The summed E-state index contributed by atoms with van der Waals surface area (Å²) in [5, 5.41) is 15.3. The van der Waals surface area contributed by atoms with Crippen LogP contribution >= 0.6 is 0 Å². The molecule has 2 rings (SSSR count). The lowest BCUT2D eigenvalue weighted by molar-refractivity contribution is -0.384. The number of hydrogen-bond acceptors (Lipinski definition) is 5. The van der Waals surface area contributed by atoms with Crippen LogP contribution in [0.1, 0.15) is 35.3 Å². The molecule has 0 aliphatic rings. The van der Waals surface area contributed by atoms with Gasteiger partial charge in [-0.2, -0.15) is 13.2 Å². The van der Waals surface area contributed by atoms with Crippen LogP contribution in [0.15, 0.2) is 42.5 Å². The summed E-state index contributed by atoms with van der Waals surface area (Å²) in [7, 11) is 0. The molecule has 0 fully saturated rings. The Labute approximate surface area is 175 Å². The number of non-ortho nitro benzene ring substituents is 1. The molecule has 0 aliphatic heterocycles. The fourth-order valence-electron chi connectivity index (χ4n) is 2.60. The third-order valence-corrected chi connectivity index (χ3v) is 3.96. The normalized spacial score (nSPS) is 11.2. The van der Waals surface area contributed by atoms with Gasteiger partial charge in [-0.15, -0.1) is 0 Å². The molecule has 0 aliphatic carbocycles. The van der Waals surface area contributed by atoms with Gasteiger partial charge in [0.05, 0.1) is 23.1 Å². The lowest BCUT2D eigenvalue weighted by Gasteiger charge is -2.17. The third kappa shape index (κ3) is 6.98. The molecule has 0 unspecified atom stereocenters. The highest BCUT2D eigenvalue weighted by Gasteiger charge is 2.34. The summed E-state index contributed by atoms with van der Waals surface area (Å²) in [5.74, 6) is -1.40. The van der Waals surface area contributed by atoms with Crippen molar-refractivity contribution in [3.05, 3.63) is 69.3 Å². The zero-order chi connectivity index (χ0) is 23.2. The highest BCUT2D eigenvalue weighted by Crippen LogP contribution is 2.34. The van der Waals surface area contributed by atoms with Gasteiger partial charge in [0.15, 0.2) is 0 Å². The standard InChI is InChI=1S/C20H20F3N3O5/c1-12(2)31-16-7-6-14(17(9-16)20(21,22)23)10-24-18(27)11-25-19(28)13-4-3-5-15(8-13)26(29)30/h3-9,12H,10-11H2,1-2H3,(H,24,27)(H,25,28). The van der Waals surface area contributed by atoms with Gasteiger partial charge in [-0.1, -0.05) is 12.1 Å². The number of nitrogens with one attached hydrogen (secondary N) is 2. The van der Waals surface area contributed by atoms with Crippen molar-refractivity contribution in [3.63, 3.8) is 0 Å². The monoisotopic (exact) mass is 439 g/mol. The van der Waals surface area contributed by atoms with Crippen molar-refractivity contribution in [1.29, 1.82) is 0 Å². The summed E-state index contributed by atoms with van der Waals surface area (Å²) in [4.78, 5) is 34.1. The summed E-state index contributed by atoms with van der Waals surface area (Å²) >= 11 is 0. The number of alkyl halides is 3. The smallest absolute Gasteiger partial charge is 0.416 e. The lowest BCUT2D eigenvalue weighted by Crippen LogP contribution is -2.36. The van der Waals surface area contributed by atoms with Gasteiger partial charge < -0.3 is 15.4 Å². The average Bonchev–Trinajstić information content (AvgIpc) is 2.69. The van der Waals surface area contributed by atoms with Crippen molar-refractivity contribution in [2.45, 2.75) is 32.7 Å². The maximum absolute atomic E-state index is 13.3. The molecule has 31 heavy (non-hydrogen) atoms. The molecule has 2 aromatic rings. The number of ether oxygens (including phenoxy) is 1. The molecule has 2 N–H and O–H groups in total. The van der Waals surface area contributed by atoms with Crippen molar-refractivity contribution in [2.75, 3.05) is 6.54 Å². The number of carbonyl (C=O) groups is 2. The predicted molar refractivity (Wildman–Crippen MR) is 104 cm³/mol. The van der Waals surface area contributed by atoms with Gasteiger partial charge in [0.2, 0.25) is 5.91 Å². The quantitative estimate of drug-likeness (QED) is 0.484. The van der Waals surface area contributed by atoms with E-state index in [9.17, 15) is 32.9 Å². The molecule has 0 aromatic heterocycles. The molecule has 0 spiro atoms. The number of nitro groups is 1. The van der Waals surface area contributed by atoms with Crippen LogP contribution in [0.2, 0.25) is 0 Å². The van der Waals surface area contributed by atoms with Crippen LogP contribution in [0.25, 0.3) is 0 Å². The lowest BCUT2D eigenvalue weighted by atomic mass is 10.1. The maximum Gasteiger partial charge on any atom is 0.416 e. The fourth-order valence-corrected chi connectivity index (χ4v) is 2.60. The van der Waals surface area contributed by atoms with Crippen LogP contribution in [-0.2, 0) is 17.5 Å². The number of carbonyl (C=O) groups excluding carboxylic acids is 2. The Hall–Kier alpha value is -3.63. The molecule has 0 saturated carbocycles. The van der Waals surface area contributed by atoms with E-state index in [0.717, 1.165) is 12.1 Å². The van der Waals surface area contributed by atoms with Crippen LogP contribution < -0.4 is 15.4 Å². The second kappa shape index (κ2) is 9.92. The van der Waals surface area contributed by atoms with Crippen LogP contribution in [0.4, 0.5) is 18.9 Å². The van der Waals surface area contributed by atoms with Crippen LogP contribution in [0, 0.1) is 10.1 Å². The van der Waals surface area contributed by atoms with Gasteiger partial charge in [-0.25, -0.2) is 0 Å². The summed E-state index contributed by atoms with van der Waals surface area (Å²) in [6.07, 6.45) is -4.95. The Kier molecular flexibility index (Phi) is 7.56. The van der Waals surface area contributed by atoms with Gasteiger partial charge in [0, 0.05) is 24.2 Å². The summed E-state index contributed by atoms with van der Waals surface area (Å²) in [6.45, 7) is 2.44. The average molecular weight is 439 g/mol. The van der Waals surface area contributed by atoms with Gasteiger partial charge in [-0.05, 0) is 37.6 Å². The van der Waals surface area contributed by atoms with E-state index >= 15 is 0 Å². The van der Waals surface area contributed by atoms with E-state index < -0.39 is 41.6 Å². The van der Waals surface area contributed by atoms with Crippen LogP contribution in [-0.4, -0.2) is 29.4 Å². The molecule has 0 atom stereocenters. The minimum atomic E-state index is -4.65. The number of hydrogen-bond donors (Lipinski definition) is 2. The number of amides is 2. The largest absolute Gasteiger partial charge is 0.491 e. The Morgan fingerprint density at radius 2 is 1.84 bits per heavy atom. The van der Waals surface area contributed by atoms with Crippen molar-refractivity contribution >= 4 is 17.5 Å². The molecule has 2 amide bonds. The van der Waals surface area contributed by atoms with Gasteiger partial charge in [-0.3, -0.25) is 19.7 Å². The number of benzene rings is 2. The molecule has 2 aromatic carbocycles. The third-order valence-electron chi connectivity index (χ3n) is 3.96. The Bertz CT molecular complexity index is 977. The summed E-state index contributed by atoms with van der Waals surface area (Å²) in [5.41, 5.74) is -1.42. The fraction of sp³-hybridized carbons (Fsp3) is 0.300. The summed E-state index contributed by atoms with van der Waals surface area (Å²) in [6, 6.07) is 8.35. The first-order valence-electron chi connectivity index (χ1n) is 9.13. The molecular formula is C20H20F3N3O5. The first-order chi connectivity index (χ1) is 14.5. The number of nitro benzene ring substituents is 1. The van der Waals surface area contributed by atoms with E-state index in [0.29, 0.717) is 0 Å². The highest BCUT2D eigenvalue weighted by molar-refractivity contribution is 5.96. The van der Waals surface area contributed by atoms with Crippen LogP contribution in [0.5, 0.6) is 5.75 Å². The number of halogens is 3. The van der Waals surface area contributed by atoms with E-state index in [2.05, 4.69) is 10.6 Å². The minimum absolute atomic E-state index is 0.0258. The zero-order valence-electron chi connectivity index (χ0n) is 16.7. The molecule has 11 heteroatoms. The number of rotatable bonds is 8. The van der Waals surface area contributed by atoms with E-state index in [-0.39, 0.29) is 28.7 Å². The molecule has 0 saturated heterocycles. The van der Waals surface area contributed by atoms with Gasteiger partial charge in [0.25, 0.3) is 11.6 Å². The predicted octanol–water partition coefficient (Wildman–Crippen LogP) is 3.45. The van der Waals surface area contributed by atoms with Crippen molar-refractivity contribution in [2.24, 2.45) is 0 Å². The summed E-state index contributed by atoms with van der Waals surface area (Å²) < 4.78 is 45.3. The van der Waals surface area contributed by atoms with Gasteiger partial charge >= 0.3 is 6.18 Å². The zero-order valence-corrected chi connectivity index (χ0v) is 16.7. The molecule has 0 heterocycles.